The molecular weight excluding hydrogens is 210 g/mol. The highest BCUT2D eigenvalue weighted by Gasteiger charge is 2.16. The van der Waals surface area contributed by atoms with Crippen molar-refractivity contribution in [3.05, 3.63) is 47.5 Å². The van der Waals surface area contributed by atoms with Crippen LogP contribution in [0.3, 0.4) is 0 Å². The van der Waals surface area contributed by atoms with Crippen molar-refractivity contribution in [2.45, 2.75) is 13.3 Å². The SMILES string of the molecule is Cc1cc(N)cc(-c2cccc3c2OCC3)c1. The normalized spacial score (nSPS) is 13.2. The van der Waals surface area contributed by atoms with E-state index in [2.05, 4.69) is 31.2 Å². The highest BCUT2D eigenvalue weighted by molar-refractivity contribution is 5.75. The van der Waals surface area contributed by atoms with E-state index >= 15 is 0 Å². The summed E-state index contributed by atoms with van der Waals surface area (Å²) in [7, 11) is 0. The number of para-hydroxylation sites is 1. The molecule has 0 atom stereocenters. The quantitative estimate of drug-likeness (QED) is 0.756. The van der Waals surface area contributed by atoms with Crippen molar-refractivity contribution in [3.63, 3.8) is 0 Å². The molecule has 0 radical (unpaired) electrons. The van der Waals surface area contributed by atoms with Crippen LogP contribution in [0.25, 0.3) is 11.1 Å². The van der Waals surface area contributed by atoms with Crippen LogP contribution in [-0.4, -0.2) is 6.61 Å². The highest BCUT2D eigenvalue weighted by Crippen LogP contribution is 2.37. The van der Waals surface area contributed by atoms with Crippen molar-refractivity contribution in [1.82, 2.24) is 0 Å². The molecule has 1 aliphatic heterocycles. The van der Waals surface area contributed by atoms with Gasteiger partial charge in [0.2, 0.25) is 0 Å². The van der Waals surface area contributed by atoms with Crippen LogP contribution in [0.15, 0.2) is 36.4 Å². The highest BCUT2D eigenvalue weighted by atomic mass is 16.5. The molecule has 86 valence electrons. The summed E-state index contributed by atoms with van der Waals surface area (Å²) in [6.45, 7) is 2.84. The van der Waals surface area contributed by atoms with Gasteiger partial charge in [-0.25, -0.2) is 0 Å². The Kier molecular flexibility index (Phi) is 2.29. The van der Waals surface area contributed by atoms with E-state index in [4.69, 9.17) is 10.5 Å². The number of hydrogen-bond acceptors (Lipinski definition) is 2. The average molecular weight is 225 g/mol. The Balaban J connectivity index is 2.19. The van der Waals surface area contributed by atoms with Gasteiger partial charge in [-0.05, 0) is 35.7 Å². The lowest BCUT2D eigenvalue weighted by atomic mass is 9.99. The molecule has 2 aromatic carbocycles. The monoisotopic (exact) mass is 225 g/mol. The third-order valence-electron chi connectivity index (χ3n) is 3.13. The Labute approximate surface area is 101 Å². The molecular formula is C15H15NO. The first-order valence-corrected chi connectivity index (χ1v) is 5.86. The summed E-state index contributed by atoms with van der Waals surface area (Å²) in [5.74, 6) is 1.03. The average Bonchev–Trinajstić information content (AvgIpc) is 2.75. The lowest BCUT2D eigenvalue weighted by molar-refractivity contribution is 0.358. The first kappa shape index (κ1) is 10.2. The summed E-state index contributed by atoms with van der Waals surface area (Å²) in [5.41, 5.74) is 11.5. The van der Waals surface area contributed by atoms with Crippen molar-refractivity contribution in [2.24, 2.45) is 0 Å². The summed E-state index contributed by atoms with van der Waals surface area (Å²) < 4.78 is 5.72. The number of fused-ring (bicyclic) bond motifs is 1. The van der Waals surface area contributed by atoms with Crippen molar-refractivity contribution in [3.8, 4) is 16.9 Å². The lowest BCUT2D eigenvalue weighted by Gasteiger charge is -2.09. The van der Waals surface area contributed by atoms with Crippen LogP contribution >= 0.6 is 0 Å². The first-order valence-electron chi connectivity index (χ1n) is 5.86. The van der Waals surface area contributed by atoms with Gasteiger partial charge in [0.25, 0.3) is 0 Å². The molecule has 2 aromatic rings. The topological polar surface area (TPSA) is 35.2 Å². The van der Waals surface area contributed by atoms with E-state index in [1.165, 1.54) is 11.1 Å². The molecule has 2 heteroatoms. The van der Waals surface area contributed by atoms with Gasteiger partial charge in [-0.2, -0.15) is 0 Å². The molecule has 0 fully saturated rings. The summed E-state index contributed by atoms with van der Waals surface area (Å²) in [4.78, 5) is 0. The molecule has 0 spiro atoms. The molecule has 0 aliphatic carbocycles. The molecule has 0 saturated heterocycles. The van der Waals surface area contributed by atoms with Crippen LogP contribution in [0.2, 0.25) is 0 Å². The van der Waals surface area contributed by atoms with Crippen LogP contribution in [0.5, 0.6) is 5.75 Å². The Morgan fingerprint density at radius 1 is 1.18 bits per heavy atom. The minimum Gasteiger partial charge on any atom is -0.492 e. The van der Waals surface area contributed by atoms with Gasteiger partial charge in [0.05, 0.1) is 6.61 Å². The molecule has 0 aromatic heterocycles. The maximum atomic E-state index is 5.90. The zero-order valence-corrected chi connectivity index (χ0v) is 9.86. The Morgan fingerprint density at radius 2 is 2.06 bits per heavy atom. The predicted octanol–water partition coefficient (Wildman–Crippen LogP) is 3.18. The Bertz CT molecular complexity index is 555. The van der Waals surface area contributed by atoms with Crippen molar-refractivity contribution < 1.29 is 4.74 Å². The first-order chi connectivity index (χ1) is 8.24. The molecule has 2 nitrogen and oxygen atoms in total. The van der Waals surface area contributed by atoms with E-state index < -0.39 is 0 Å². The summed E-state index contributed by atoms with van der Waals surface area (Å²) >= 11 is 0. The van der Waals surface area contributed by atoms with Crippen LogP contribution in [-0.2, 0) is 6.42 Å². The molecule has 0 amide bonds. The van der Waals surface area contributed by atoms with E-state index in [9.17, 15) is 0 Å². The van der Waals surface area contributed by atoms with Gasteiger partial charge in [-0.1, -0.05) is 24.3 Å². The molecule has 17 heavy (non-hydrogen) atoms. The molecule has 1 heterocycles. The summed E-state index contributed by atoms with van der Waals surface area (Å²) in [6.07, 6.45) is 1.00. The Hall–Kier alpha value is -1.96. The number of anilines is 1. The van der Waals surface area contributed by atoms with Gasteiger partial charge in [0, 0.05) is 17.7 Å². The van der Waals surface area contributed by atoms with Crippen LogP contribution in [0.4, 0.5) is 5.69 Å². The standard InChI is InChI=1S/C15H15NO/c1-10-7-12(9-13(16)8-10)14-4-2-3-11-5-6-17-15(11)14/h2-4,7-9H,5-6,16H2,1H3. The number of ether oxygens (including phenoxy) is 1. The third-order valence-corrected chi connectivity index (χ3v) is 3.13. The van der Waals surface area contributed by atoms with E-state index in [1.807, 2.05) is 12.1 Å². The number of rotatable bonds is 1. The van der Waals surface area contributed by atoms with Gasteiger partial charge in [-0.3, -0.25) is 0 Å². The van der Waals surface area contributed by atoms with Gasteiger partial charge in [0.1, 0.15) is 5.75 Å². The fourth-order valence-electron chi connectivity index (χ4n) is 2.41. The van der Waals surface area contributed by atoms with Crippen LogP contribution < -0.4 is 10.5 Å². The fraction of sp³-hybridized carbons (Fsp3) is 0.200. The van der Waals surface area contributed by atoms with Crippen LogP contribution in [0.1, 0.15) is 11.1 Å². The molecule has 1 aliphatic rings. The van der Waals surface area contributed by atoms with Gasteiger partial charge in [0.15, 0.2) is 0 Å². The minimum absolute atomic E-state index is 0.785. The molecule has 2 N–H and O–H groups in total. The lowest BCUT2D eigenvalue weighted by Crippen LogP contribution is -1.91. The molecule has 0 bridgehead atoms. The number of nitrogen functional groups attached to an aromatic ring is 1. The zero-order valence-electron chi connectivity index (χ0n) is 9.86. The summed E-state index contributed by atoms with van der Waals surface area (Å²) in [5, 5.41) is 0. The second-order valence-electron chi connectivity index (χ2n) is 4.52. The minimum atomic E-state index is 0.785. The second-order valence-corrected chi connectivity index (χ2v) is 4.52. The second kappa shape index (κ2) is 3.81. The van der Waals surface area contributed by atoms with Crippen molar-refractivity contribution >= 4 is 5.69 Å². The number of nitrogens with two attached hydrogens (primary N) is 1. The van der Waals surface area contributed by atoms with E-state index in [0.717, 1.165) is 35.6 Å². The largest absolute Gasteiger partial charge is 0.492 e. The maximum absolute atomic E-state index is 5.90. The maximum Gasteiger partial charge on any atom is 0.130 e. The van der Waals surface area contributed by atoms with Crippen molar-refractivity contribution in [2.75, 3.05) is 12.3 Å². The van der Waals surface area contributed by atoms with Gasteiger partial charge < -0.3 is 10.5 Å². The molecule has 3 rings (SSSR count). The van der Waals surface area contributed by atoms with Crippen LogP contribution in [0, 0.1) is 6.92 Å². The smallest absolute Gasteiger partial charge is 0.130 e. The number of benzene rings is 2. The number of hydrogen-bond donors (Lipinski definition) is 1. The molecule has 0 saturated carbocycles. The van der Waals surface area contributed by atoms with E-state index in [1.54, 1.807) is 0 Å². The third kappa shape index (κ3) is 1.76. The number of aryl methyl sites for hydroxylation is 1. The van der Waals surface area contributed by atoms with Crippen molar-refractivity contribution in [1.29, 1.82) is 0 Å². The van der Waals surface area contributed by atoms with E-state index in [0.29, 0.717) is 0 Å². The fourth-order valence-corrected chi connectivity index (χ4v) is 2.41. The van der Waals surface area contributed by atoms with Gasteiger partial charge >= 0.3 is 0 Å². The summed E-state index contributed by atoms with van der Waals surface area (Å²) in [6, 6.07) is 12.4. The predicted molar refractivity (Wildman–Crippen MR) is 70.2 cm³/mol. The zero-order chi connectivity index (χ0) is 11.8. The Morgan fingerprint density at radius 3 is 2.88 bits per heavy atom. The van der Waals surface area contributed by atoms with E-state index in [-0.39, 0.29) is 0 Å². The molecule has 0 unspecified atom stereocenters. The van der Waals surface area contributed by atoms with Gasteiger partial charge in [-0.15, -0.1) is 0 Å².